The Bertz CT molecular complexity index is 1660. The predicted molar refractivity (Wildman–Crippen MR) is 152 cm³/mol. The summed E-state index contributed by atoms with van der Waals surface area (Å²) >= 11 is 0. The Morgan fingerprint density at radius 2 is 1.36 bits per heavy atom. The average Bonchev–Trinajstić information content (AvgIpc) is 3.76. The highest BCUT2D eigenvalue weighted by molar-refractivity contribution is 5.89. The van der Waals surface area contributed by atoms with Gasteiger partial charge in [-0.1, -0.05) is 72.8 Å². The lowest BCUT2D eigenvalue weighted by molar-refractivity contribution is -0.384. The third-order valence-corrected chi connectivity index (χ3v) is 7.05. The smallest absolute Gasteiger partial charge is 0.270 e. The van der Waals surface area contributed by atoms with E-state index in [4.69, 9.17) is 14.5 Å². The highest BCUT2D eigenvalue weighted by atomic mass is 16.6. The predicted octanol–water partition coefficient (Wildman–Crippen LogP) is 7.81. The van der Waals surface area contributed by atoms with Crippen LogP contribution in [-0.4, -0.2) is 28.7 Å². The van der Waals surface area contributed by atoms with E-state index in [0.29, 0.717) is 23.1 Å². The fourth-order valence-corrected chi connectivity index (χ4v) is 5.07. The van der Waals surface area contributed by atoms with E-state index in [1.165, 1.54) is 6.07 Å². The maximum Gasteiger partial charge on any atom is 0.270 e. The topological polar surface area (TPSA) is 79.4 Å². The van der Waals surface area contributed by atoms with Crippen LogP contribution in [0.4, 0.5) is 5.69 Å². The van der Waals surface area contributed by atoms with Crippen molar-refractivity contribution in [3.8, 4) is 56.5 Å². The van der Waals surface area contributed by atoms with Crippen molar-refractivity contribution in [3.63, 3.8) is 0 Å². The number of hydrogen-bond donors (Lipinski definition) is 0. The molecule has 0 spiro atoms. The van der Waals surface area contributed by atoms with Crippen molar-refractivity contribution in [2.75, 3.05) is 14.2 Å². The van der Waals surface area contributed by atoms with E-state index in [9.17, 15) is 10.1 Å². The van der Waals surface area contributed by atoms with E-state index in [0.717, 1.165) is 52.3 Å². The summed E-state index contributed by atoms with van der Waals surface area (Å²) in [5.41, 5.74) is 6.37. The van der Waals surface area contributed by atoms with Crippen molar-refractivity contribution in [3.05, 3.63) is 107 Å². The second-order valence-corrected chi connectivity index (χ2v) is 9.53. The molecule has 1 aliphatic rings. The summed E-state index contributed by atoms with van der Waals surface area (Å²) in [6, 6.07) is 31.3. The number of rotatable bonds is 8. The standard InChI is InChI=1S/C32H27N3O4/c1-38-28-19-26(23-14-9-15-25(18-23)35(36)37)27(20-29(28)39-2)32-33-30(21-10-5-3-6-11-21)31(34(32)24-16-17-24)22-12-7-4-8-13-22/h3-15,18-20,24H,16-17H2,1-2H3. The summed E-state index contributed by atoms with van der Waals surface area (Å²) in [4.78, 5) is 16.5. The van der Waals surface area contributed by atoms with Crippen LogP contribution in [0.5, 0.6) is 11.5 Å². The number of nitrogens with zero attached hydrogens (tertiary/aromatic N) is 3. The molecule has 7 heteroatoms. The molecule has 1 aromatic heterocycles. The highest BCUT2D eigenvalue weighted by Crippen LogP contribution is 2.49. The third kappa shape index (κ3) is 4.52. The van der Waals surface area contributed by atoms with Gasteiger partial charge in [0.25, 0.3) is 5.69 Å². The number of nitro benzene ring substituents is 1. The minimum atomic E-state index is -0.379. The molecule has 4 aromatic carbocycles. The molecule has 0 saturated heterocycles. The van der Waals surface area contributed by atoms with Crippen molar-refractivity contribution in [1.29, 1.82) is 0 Å². The summed E-state index contributed by atoms with van der Waals surface area (Å²) in [6.45, 7) is 0. The molecule has 0 radical (unpaired) electrons. The Morgan fingerprint density at radius 3 is 1.95 bits per heavy atom. The summed E-state index contributed by atoms with van der Waals surface area (Å²) in [5.74, 6) is 1.89. The van der Waals surface area contributed by atoms with E-state index in [1.807, 2.05) is 54.6 Å². The second-order valence-electron chi connectivity index (χ2n) is 9.53. The first-order valence-corrected chi connectivity index (χ1v) is 12.8. The van der Waals surface area contributed by atoms with Gasteiger partial charge in [0.2, 0.25) is 0 Å². The van der Waals surface area contributed by atoms with Crippen molar-refractivity contribution in [2.45, 2.75) is 18.9 Å². The van der Waals surface area contributed by atoms with Crippen molar-refractivity contribution >= 4 is 5.69 Å². The first-order valence-electron chi connectivity index (χ1n) is 12.8. The molecule has 1 saturated carbocycles. The molecule has 0 bridgehead atoms. The molecular weight excluding hydrogens is 490 g/mol. The number of ether oxygens (including phenoxy) is 2. The van der Waals surface area contributed by atoms with Crippen molar-refractivity contribution in [2.24, 2.45) is 0 Å². The lowest BCUT2D eigenvalue weighted by Crippen LogP contribution is -2.02. The van der Waals surface area contributed by atoms with Crippen LogP contribution in [0.1, 0.15) is 18.9 Å². The number of imidazole rings is 1. The fourth-order valence-electron chi connectivity index (χ4n) is 5.07. The van der Waals surface area contributed by atoms with Gasteiger partial charge in [-0.2, -0.15) is 0 Å². The Balaban J connectivity index is 1.69. The third-order valence-electron chi connectivity index (χ3n) is 7.05. The van der Waals surface area contributed by atoms with Gasteiger partial charge in [-0.25, -0.2) is 4.98 Å². The number of hydrogen-bond acceptors (Lipinski definition) is 5. The number of benzene rings is 4. The zero-order valence-corrected chi connectivity index (χ0v) is 21.7. The number of aromatic nitrogens is 2. The van der Waals surface area contributed by atoms with Gasteiger partial charge in [-0.05, 0) is 36.1 Å². The molecule has 0 atom stereocenters. The van der Waals surface area contributed by atoms with Crippen LogP contribution in [0.25, 0.3) is 45.0 Å². The zero-order valence-electron chi connectivity index (χ0n) is 21.7. The largest absolute Gasteiger partial charge is 0.493 e. The molecule has 39 heavy (non-hydrogen) atoms. The SMILES string of the molecule is COc1cc(-c2cccc([N+](=O)[O-])c2)c(-c2nc(-c3ccccc3)c(-c3ccccc3)n2C2CC2)cc1OC. The van der Waals surface area contributed by atoms with E-state index in [1.54, 1.807) is 26.4 Å². The van der Waals surface area contributed by atoms with E-state index in [2.05, 4.69) is 28.8 Å². The van der Waals surface area contributed by atoms with Gasteiger partial charge in [0.15, 0.2) is 11.5 Å². The summed E-state index contributed by atoms with van der Waals surface area (Å²) < 4.78 is 13.7. The lowest BCUT2D eigenvalue weighted by Gasteiger charge is -2.17. The molecule has 0 N–H and O–H groups in total. The summed E-state index contributed by atoms with van der Waals surface area (Å²) in [7, 11) is 3.19. The fraction of sp³-hybridized carbons (Fsp3) is 0.156. The van der Waals surface area contributed by atoms with E-state index in [-0.39, 0.29) is 10.6 Å². The second kappa shape index (κ2) is 10.1. The van der Waals surface area contributed by atoms with Crippen molar-refractivity contribution in [1.82, 2.24) is 9.55 Å². The van der Waals surface area contributed by atoms with E-state index >= 15 is 0 Å². The molecule has 1 fully saturated rings. The number of nitro groups is 1. The molecule has 0 aliphatic heterocycles. The quantitative estimate of drug-likeness (QED) is 0.155. The Hall–Kier alpha value is -4.91. The number of methoxy groups -OCH3 is 2. The van der Waals surface area contributed by atoms with Crippen LogP contribution in [0.15, 0.2) is 97.1 Å². The van der Waals surface area contributed by atoms with Gasteiger partial charge in [-0.15, -0.1) is 0 Å². The Kier molecular flexibility index (Phi) is 6.32. The van der Waals surface area contributed by atoms with E-state index < -0.39 is 0 Å². The number of non-ortho nitro benzene ring substituents is 1. The summed E-state index contributed by atoms with van der Waals surface area (Å²) in [6.07, 6.45) is 2.10. The van der Waals surface area contributed by atoms with Gasteiger partial charge in [0.1, 0.15) is 5.82 Å². The monoisotopic (exact) mass is 517 g/mol. The van der Waals surface area contributed by atoms with Gasteiger partial charge in [0.05, 0.1) is 30.5 Å². The minimum absolute atomic E-state index is 0.0220. The molecule has 0 amide bonds. The van der Waals surface area contributed by atoms with Crippen LogP contribution < -0.4 is 9.47 Å². The molecule has 6 rings (SSSR count). The summed E-state index contributed by atoms with van der Waals surface area (Å²) in [5, 5.41) is 11.6. The average molecular weight is 518 g/mol. The zero-order chi connectivity index (χ0) is 26.9. The van der Waals surface area contributed by atoms with Gasteiger partial charge >= 0.3 is 0 Å². The van der Waals surface area contributed by atoms with Crippen LogP contribution in [-0.2, 0) is 0 Å². The maximum atomic E-state index is 11.6. The maximum absolute atomic E-state index is 11.6. The molecule has 0 unspecified atom stereocenters. The lowest BCUT2D eigenvalue weighted by atomic mass is 9.97. The molecular formula is C32H27N3O4. The van der Waals surface area contributed by atoms with Gasteiger partial charge in [0, 0.05) is 34.9 Å². The van der Waals surface area contributed by atoms with Gasteiger partial charge in [-0.3, -0.25) is 10.1 Å². The Morgan fingerprint density at radius 1 is 0.769 bits per heavy atom. The van der Waals surface area contributed by atoms with Crippen LogP contribution >= 0.6 is 0 Å². The molecule has 5 aromatic rings. The normalized spacial score (nSPS) is 12.8. The minimum Gasteiger partial charge on any atom is -0.493 e. The van der Waals surface area contributed by atoms with Crippen LogP contribution in [0, 0.1) is 10.1 Å². The van der Waals surface area contributed by atoms with Crippen molar-refractivity contribution < 1.29 is 14.4 Å². The Labute approximate surface area is 226 Å². The molecule has 1 heterocycles. The van der Waals surface area contributed by atoms with Crippen LogP contribution in [0.3, 0.4) is 0 Å². The molecule has 7 nitrogen and oxygen atoms in total. The molecule has 194 valence electrons. The van der Waals surface area contributed by atoms with Crippen LogP contribution in [0.2, 0.25) is 0 Å². The first kappa shape index (κ1) is 24.4. The first-order chi connectivity index (χ1) is 19.1. The highest BCUT2D eigenvalue weighted by Gasteiger charge is 2.33. The molecule has 1 aliphatic carbocycles. The van der Waals surface area contributed by atoms with Gasteiger partial charge < -0.3 is 14.0 Å².